The molecule has 0 atom stereocenters. The van der Waals surface area contributed by atoms with Gasteiger partial charge in [0.2, 0.25) is 5.75 Å². The predicted octanol–water partition coefficient (Wildman–Crippen LogP) is 6.26. The summed E-state index contributed by atoms with van der Waals surface area (Å²) in [5.74, 6) is 0.0545. The molecule has 0 unspecified atom stereocenters. The Morgan fingerprint density at radius 3 is 2.60 bits per heavy atom. The molecular formula is C29H27ClN4O6. The predicted molar refractivity (Wildman–Crippen MR) is 154 cm³/mol. The van der Waals surface area contributed by atoms with Crippen molar-refractivity contribution in [3.63, 3.8) is 0 Å². The highest BCUT2D eigenvalue weighted by molar-refractivity contribution is 6.32. The van der Waals surface area contributed by atoms with Crippen LogP contribution >= 0.6 is 11.6 Å². The number of ether oxygens (including phenoxy) is 2. The average Bonchev–Trinajstić information content (AvgIpc) is 2.89. The Kier molecular flexibility index (Phi) is 8.29. The Morgan fingerprint density at radius 1 is 1.23 bits per heavy atom. The first-order chi connectivity index (χ1) is 19.0. The van der Waals surface area contributed by atoms with E-state index in [0.717, 1.165) is 34.5 Å². The second kappa shape index (κ2) is 11.7. The number of halogens is 1. The van der Waals surface area contributed by atoms with Gasteiger partial charge in [-0.25, -0.2) is 4.98 Å². The highest BCUT2D eigenvalue weighted by Crippen LogP contribution is 2.37. The first-order valence-corrected chi connectivity index (χ1v) is 12.9. The number of nitrogens with zero attached hydrogens (tertiary/aromatic N) is 4. The zero-order chi connectivity index (χ0) is 29.1. The fraction of sp³-hybridized carbons (Fsp3) is 0.241. The van der Waals surface area contributed by atoms with Crippen LogP contribution in [0, 0.1) is 17.0 Å². The van der Waals surface area contributed by atoms with Crippen LogP contribution in [0.4, 0.5) is 5.69 Å². The van der Waals surface area contributed by atoms with Crippen molar-refractivity contribution in [3.8, 4) is 22.9 Å². The molecule has 0 aliphatic heterocycles. The van der Waals surface area contributed by atoms with E-state index < -0.39 is 22.1 Å². The highest BCUT2D eigenvalue weighted by Gasteiger charge is 2.22. The zero-order valence-corrected chi connectivity index (χ0v) is 23.4. The smallest absolute Gasteiger partial charge is 0.313 e. The third kappa shape index (κ3) is 5.72. The molecule has 40 heavy (non-hydrogen) atoms. The van der Waals surface area contributed by atoms with Crippen LogP contribution in [0.25, 0.3) is 22.3 Å². The minimum atomic E-state index is -0.753. The highest BCUT2D eigenvalue weighted by atomic mass is 35.5. The molecule has 4 rings (SSSR count). The van der Waals surface area contributed by atoms with Gasteiger partial charge in [-0.1, -0.05) is 37.6 Å². The molecule has 206 valence electrons. The van der Waals surface area contributed by atoms with Crippen LogP contribution in [-0.4, -0.2) is 33.4 Å². The number of aryl methyl sites for hydroxylation is 1. The average molecular weight is 563 g/mol. The minimum Gasteiger partial charge on any atom is -0.494 e. The van der Waals surface area contributed by atoms with Gasteiger partial charge in [-0.2, -0.15) is 9.78 Å². The fourth-order valence-corrected chi connectivity index (χ4v) is 4.52. The SMILES string of the molecule is CCOc1cc(C)c(-c2nc3ccccc3c(=O)n2N=Cc2cc(Cl)c(OC(C)=O)c([N+](=O)[O-])c2)cc1C(C)C. The molecule has 0 fully saturated rings. The maximum atomic E-state index is 13.7. The second-order valence-corrected chi connectivity index (χ2v) is 9.72. The number of carbonyl (C=O) groups is 1. The molecule has 4 aromatic rings. The number of hydrogen-bond acceptors (Lipinski definition) is 8. The Hall–Kier alpha value is -4.57. The van der Waals surface area contributed by atoms with E-state index in [1.54, 1.807) is 24.3 Å². The summed E-state index contributed by atoms with van der Waals surface area (Å²) in [7, 11) is 0. The molecule has 3 aromatic carbocycles. The maximum absolute atomic E-state index is 13.7. The summed E-state index contributed by atoms with van der Waals surface area (Å²) in [6.07, 6.45) is 1.27. The van der Waals surface area contributed by atoms with E-state index in [-0.39, 0.29) is 22.3 Å². The quantitative estimate of drug-likeness (QED) is 0.0815. The normalized spacial score (nSPS) is 11.4. The molecule has 0 N–H and O–H groups in total. The summed E-state index contributed by atoms with van der Waals surface area (Å²) in [5, 5.41) is 16.3. The number of nitro groups is 1. The Labute approximate surface area is 235 Å². The molecule has 1 heterocycles. The summed E-state index contributed by atoms with van der Waals surface area (Å²) in [5.41, 5.74) is 2.22. The van der Waals surface area contributed by atoms with E-state index in [2.05, 4.69) is 5.10 Å². The summed E-state index contributed by atoms with van der Waals surface area (Å²) in [4.78, 5) is 40.8. The topological polar surface area (TPSA) is 126 Å². The number of benzene rings is 3. The molecule has 1 aromatic heterocycles. The first kappa shape index (κ1) is 28.4. The van der Waals surface area contributed by atoms with Gasteiger partial charge >= 0.3 is 11.7 Å². The third-order valence-corrected chi connectivity index (χ3v) is 6.37. The lowest BCUT2D eigenvalue weighted by Crippen LogP contribution is -2.21. The van der Waals surface area contributed by atoms with E-state index in [9.17, 15) is 19.7 Å². The summed E-state index contributed by atoms with van der Waals surface area (Å²) in [6.45, 7) is 9.53. The number of para-hydroxylation sites is 1. The van der Waals surface area contributed by atoms with Crippen molar-refractivity contribution in [2.24, 2.45) is 5.10 Å². The number of hydrogen-bond donors (Lipinski definition) is 0. The van der Waals surface area contributed by atoms with E-state index >= 15 is 0 Å². The molecule has 0 amide bonds. The molecule has 0 aliphatic rings. The minimum absolute atomic E-state index is 0.128. The molecule has 10 nitrogen and oxygen atoms in total. The molecule has 11 heteroatoms. The van der Waals surface area contributed by atoms with Crippen molar-refractivity contribution >= 4 is 40.4 Å². The van der Waals surface area contributed by atoms with Crippen molar-refractivity contribution in [1.82, 2.24) is 9.66 Å². The largest absolute Gasteiger partial charge is 0.494 e. The monoisotopic (exact) mass is 562 g/mol. The molecule has 0 aliphatic carbocycles. The number of esters is 1. The van der Waals surface area contributed by atoms with Crippen LogP contribution in [0.1, 0.15) is 50.3 Å². The molecular weight excluding hydrogens is 536 g/mol. The number of nitro benzene ring substituents is 1. The van der Waals surface area contributed by atoms with Crippen molar-refractivity contribution in [3.05, 3.63) is 90.7 Å². The number of aromatic nitrogens is 2. The van der Waals surface area contributed by atoms with Gasteiger partial charge in [0.1, 0.15) is 5.75 Å². The van der Waals surface area contributed by atoms with Crippen molar-refractivity contribution < 1.29 is 19.2 Å². The van der Waals surface area contributed by atoms with Gasteiger partial charge in [-0.15, -0.1) is 0 Å². The Morgan fingerprint density at radius 2 is 1.95 bits per heavy atom. The third-order valence-electron chi connectivity index (χ3n) is 6.08. The van der Waals surface area contributed by atoms with Gasteiger partial charge in [0.15, 0.2) is 5.82 Å². The van der Waals surface area contributed by atoms with Crippen molar-refractivity contribution in [2.45, 2.75) is 40.5 Å². The molecule has 0 saturated heterocycles. The van der Waals surface area contributed by atoms with E-state index in [4.69, 9.17) is 26.1 Å². The number of rotatable bonds is 8. The first-order valence-electron chi connectivity index (χ1n) is 12.5. The Balaban J connectivity index is 1.95. The lowest BCUT2D eigenvalue weighted by Gasteiger charge is -2.18. The summed E-state index contributed by atoms with van der Waals surface area (Å²) >= 11 is 6.21. The van der Waals surface area contributed by atoms with Gasteiger partial charge in [-0.3, -0.25) is 19.7 Å². The molecule has 0 saturated carbocycles. The lowest BCUT2D eigenvalue weighted by atomic mass is 9.96. The Bertz CT molecular complexity index is 1730. The van der Waals surface area contributed by atoms with Crippen LogP contribution in [0.5, 0.6) is 11.5 Å². The lowest BCUT2D eigenvalue weighted by molar-refractivity contribution is -0.385. The van der Waals surface area contributed by atoms with Gasteiger partial charge < -0.3 is 9.47 Å². The van der Waals surface area contributed by atoms with Crippen LogP contribution in [-0.2, 0) is 4.79 Å². The van der Waals surface area contributed by atoms with Crippen LogP contribution in [0.3, 0.4) is 0 Å². The molecule has 0 radical (unpaired) electrons. The number of fused-ring (bicyclic) bond motifs is 1. The van der Waals surface area contributed by atoms with E-state index in [0.29, 0.717) is 28.9 Å². The van der Waals surface area contributed by atoms with E-state index in [1.807, 2.05) is 39.8 Å². The fourth-order valence-electron chi connectivity index (χ4n) is 4.25. The number of carbonyl (C=O) groups excluding carboxylic acids is 1. The van der Waals surface area contributed by atoms with Gasteiger partial charge in [0.25, 0.3) is 5.56 Å². The standard InChI is InChI=1S/C29H27ClN4O6/c1-6-39-26-11-17(4)22(14-21(26)16(2)3)28-32-24-10-8-7-9-20(24)29(36)33(28)31-15-19-12-23(30)27(40-18(5)35)25(13-19)34(37)38/h7-16H,6H2,1-5H3. The van der Waals surface area contributed by atoms with Crippen LogP contribution in [0.15, 0.2) is 58.4 Å². The maximum Gasteiger partial charge on any atom is 0.313 e. The van der Waals surface area contributed by atoms with Crippen LogP contribution < -0.4 is 15.0 Å². The van der Waals surface area contributed by atoms with Gasteiger partial charge in [0.05, 0.1) is 33.7 Å². The summed E-state index contributed by atoms with van der Waals surface area (Å²) < 4.78 is 12.0. The van der Waals surface area contributed by atoms with Crippen LogP contribution in [0.2, 0.25) is 5.02 Å². The van der Waals surface area contributed by atoms with Gasteiger partial charge in [-0.05, 0) is 61.2 Å². The van der Waals surface area contributed by atoms with E-state index in [1.165, 1.54) is 12.3 Å². The van der Waals surface area contributed by atoms with Gasteiger partial charge in [0, 0.05) is 24.1 Å². The molecule has 0 spiro atoms. The summed E-state index contributed by atoms with van der Waals surface area (Å²) in [6, 6.07) is 13.3. The van der Waals surface area contributed by atoms with Crippen molar-refractivity contribution in [1.29, 1.82) is 0 Å². The second-order valence-electron chi connectivity index (χ2n) is 9.31. The molecule has 0 bridgehead atoms. The van der Waals surface area contributed by atoms with Crippen molar-refractivity contribution in [2.75, 3.05) is 6.61 Å². The zero-order valence-electron chi connectivity index (χ0n) is 22.6.